The van der Waals surface area contributed by atoms with E-state index >= 15 is 0 Å². The maximum absolute atomic E-state index is 4.31. The van der Waals surface area contributed by atoms with Gasteiger partial charge in [0.1, 0.15) is 0 Å². The molecule has 15 heavy (non-hydrogen) atoms. The summed E-state index contributed by atoms with van der Waals surface area (Å²) in [6.07, 6.45) is 3.94. The van der Waals surface area contributed by atoms with Crippen molar-refractivity contribution in [3.05, 3.63) is 35.2 Å². The van der Waals surface area contributed by atoms with E-state index in [9.17, 15) is 0 Å². The van der Waals surface area contributed by atoms with Gasteiger partial charge in [0.25, 0.3) is 0 Å². The van der Waals surface area contributed by atoms with Crippen LogP contribution in [0.15, 0.2) is 4.99 Å². The molecule has 1 aliphatic rings. The molecule has 0 unspecified atom stereocenters. The van der Waals surface area contributed by atoms with E-state index in [1.54, 1.807) is 0 Å². The second-order valence-corrected chi connectivity index (χ2v) is 3.77. The number of hydrogen-bond donors (Lipinski definition) is 0. The third-order valence-electron chi connectivity index (χ3n) is 3.23. The van der Waals surface area contributed by atoms with E-state index in [-0.39, 0.29) is 40.1 Å². The fourth-order valence-corrected chi connectivity index (χ4v) is 1.94. The van der Waals surface area contributed by atoms with Crippen molar-refractivity contribution in [2.45, 2.75) is 34.1 Å². The average molecular weight is 276 g/mol. The van der Waals surface area contributed by atoms with Crippen LogP contribution in [0.1, 0.15) is 27.8 Å². The molecular weight excluding hydrogens is 259 g/mol. The van der Waals surface area contributed by atoms with Crippen molar-refractivity contribution in [2.24, 2.45) is 4.99 Å². The Balaban J connectivity index is 0.000000980. The second-order valence-electron chi connectivity index (χ2n) is 3.77. The minimum atomic E-state index is 0. The number of nitrogens with zero attached hydrogens (tertiary/aromatic N) is 1. The molecule has 1 aromatic carbocycles. The zero-order valence-electron chi connectivity index (χ0n) is 10.2. The van der Waals surface area contributed by atoms with Crippen molar-refractivity contribution in [1.29, 1.82) is 0 Å². The molecule has 0 N–H and O–H groups in total. The Morgan fingerprint density at radius 2 is 1.47 bits per heavy atom. The maximum Gasteiger partial charge on any atom is 0 e. The van der Waals surface area contributed by atoms with Crippen LogP contribution >= 0.6 is 0 Å². The molecule has 0 saturated carbocycles. The van der Waals surface area contributed by atoms with E-state index in [2.05, 4.69) is 38.9 Å². The van der Waals surface area contributed by atoms with Crippen molar-refractivity contribution in [3.8, 4) is 0 Å². The normalized spacial score (nSPS) is 11.7. The first kappa shape index (κ1) is 15.0. The summed E-state index contributed by atoms with van der Waals surface area (Å²) >= 11 is 0. The summed E-state index contributed by atoms with van der Waals surface area (Å²) in [6, 6.07) is 0. The summed E-state index contributed by atoms with van der Waals surface area (Å²) in [4.78, 5) is 4.31. The van der Waals surface area contributed by atoms with Gasteiger partial charge in [0, 0.05) is 32.7 Å². The molecule has 2 rings (SSSR count). The quantitative estimate of drug-likeness (QED) is 0.643. The van der Waals surface area contributed by atoms with Crippen LogP contribution in [-0.4, -0.2) is 6.21 Å². The molecule has 1 aromatic rings. The van der Waals surface area contributed by atoms with E-state index in [1.807, 2.05) is 0 Å². The minimum Gasteiger partial charge on any atom is -0.455 e. The molecule has 2 heteroatoms. The van der Waals surface area contributed by atoms with Gasteiger partial charge < -0.3 is 12.4 Å². The summed E-state index contributed by atoms with van der Waals surface area (Å²) in [5, 5.41) is 0. The van der Waals surface area contributed by atoms with Crippen LogP contribution in [0.4, 0.5) is 5.69 Å². The zero-order valence-corrected chi connectivity index (χ0v) is 13.1. The van der Waals surface area contributed by atoms with E-state index in [1.165, 1.54) is 33.5 Å². The van der Waals surface area contributed by atoms with Gasteiger partial charge >= 0.3 is 0 Å². The first-order chi connectivity index (χ1) is 6.13. The molecular formula is C13H17NY-2. The second kappa shape index (κ2) is 5.36. The van der Waals surface area contributed by atoms with Crippen molar-refractivity contribution in [2.75, 3.05) is 0 Å². The average Bonchev–Trinajstić information content (AvgIpc) is 2.59. The van der Waals surface area contributed by atoms with Crippen molar-refractivity contribution >= 4 is 11.9 Å². The predicted octanol–water partition coefficient (Wildman–Crippen LogP) is 3.50. The van der Waals surface area contributed by atoms with Crippen LogP contribution in [0.3, 0.4) is 0 Å². The molecule has 0 spiro atoms. The molecule has 0 fully saturated rings. The van der Waals surface area contributed by atoms with Gasteiger partial charge in [-0.2, -0.15) is 6.21 Å². The van der Waals surface area contributed by atoms with Crippen molar-refractivity contribution in [3.63, 3.8) is 0 Å². The first-order valence-electron chi connectivity index (χ1n) is 4.65. The van der Waals surface area contributed by atoms with Gasteiger partial charge in [0.15, 0.2) is 0 Å². The molecule has 0 atom stereocenters. The fourth-order valence-electron chi connectivity index (χ4n) is 1.94. The predicted molar refractivity (Wildman–Crippen MR) is 62.6 cm³/mol. The van der Waals surface area contributed by atoms with Crippen LogP contribution in [0.5, 0.6) is 0 Å². The SMILES string of the molecule is Cc1c(C)c(C)c2c(c1C)C[C-]=N2.[CH3-].[Y]. The van der Waals surface area contributed by atoms with Crippen LogP contribution in [-0.2, 0) is 39.1 Å². The molecule has 79 valence electrons. The van der Waals surface area contributed by atoms with Gasteiger partial charge in [-0.05, 0) is 26.3 Å². The van der Waals surface area contributed by atoms with Crippen LogP contribution < -0.4 is 0 Å². The van der Waals surface area contributed by atoms with Gasteiger partial charge in [0.2, 0.25) is 0 Å². The van der Waals surface area contributed by atoms with E-state index in [0.29, 0.717) is 0 Å². The topological polar surface area (TPSA) is 12.4 Å². The Bertz CT molecular complexity index is 406. The Hall–Kier alpha value is -0.00610. The third-order valence-corrected chi connectivity index (χ3v) is 3.23. The maximum atomic E-state index is 4.31. The number of benzene rings is 1. The molecule has 1 aliphatic heterocycles. The standard InChI is InChI=1S/C12H14N.CH3.Y/c1-7-8(2)10(4)12-11(9(7)3)5-6-13-12;;/h5H2,1-4H3;1H3;/q2*-1;. The first-order valence-corrected chi connectivity index (χ1v) is 4.65. The molecule has 1 radical (unpaired) electrons. The van der Waals surface area contributed by atoms with E-state index in [4.69, 9.17) is 0 Å². The smallest absolute Gasteiger partial charge is 0 e. The summed E-state index contributed by atoms with van der Waals surface area (Å²) in [6.45, 7) is 8.70. The third kappa shape index (κ3) is 2.24. The van der Waals surface area contributed by atoms with E-state index in [0.717, 1.165) is 6.42 Å². The zero-order chi connectivity index (χ0) is 9.59. The summed E-state index contributed by atoms with van der Waals surface area (Å²) < 4.78 is 0. The number of hydrogen-bond acceptors (Lipinski definition) is 1. The molecule has 0 amide bonds. The number of aliphatic imine (C=N–C) groups is 1. The molecule has 0 aromatic heterocycles. The fraction of sp³-hybridized carbons (Fsp3) is 0.385. The van der Waals surface area contributed by atoms with Crippen LogP contribution in [0.2, 0.25) is 0 Å². The Kier molecular flexibility index (Phi) is 5.36. The van der Waals surface area contributed by atoms with Gasteiger partial charge in [0.05, 0.1) is 0 Å². The Labute approximate surface area is 118 Å². The molecule has 0 saturated heterocycles. The minimum absolute atomic E-state index is 0. The molecule has 1 heterocycles. The van der Waals surface area contributed by atoms with Gasteiger partial charge in [-0.1, -0.05) is 30.2 Å². The summed E-state index contributed by atoms with van der Waals surface area (Å²) in [5.74, 6) is 0. The van der Waals surface area contributed by atoms with Crippen molar-refractivity contribution in [1.82, 2.24) is 0 Å². The number of rotatable bonds is 0. The van der Waals surface area contributed by atoms with Gasteiger partial charge in [-0.25, -0.2) is 0 Å². The van der Waals surface area contributed by atoms with Crippen LogP contribution in [0, 0.1) is 35.1 Å². The Morgan fingerprint density at radius 1 is 0.933 bits per heavy atom. The monoisotopic (exact) mass is 276 g/mol. The van der Waals surface area contributed by atoms with Gasteiger partial charge in [-0.15, -0.1) is 11.1 Å². The summed E-state index contributed by atoms with van der Waals surface area (Å²) in [7, 11) is 0. The Morgan fingerprint density at radius 3 is 2.07 bits per heavy atom. The largest absolute Gasteiger partial charge is 0.455 e. The molecule has 0 bridgehead atoms. The van der Waals surface area contributed by atoms with Gasteiger partial charge in [-0.3, -0.25) is 0 Å². The van der Waals surface area contributed by atoms with E-state index < -0.39 is 0 Å². The van der Waals surface area contributed by atoms with Crippen molar-refractivity contribution < 1.29 is 32.7 Å². The number of fused-ring (bicyclic) bond motifs is 1. The molecule has 1 nitrogen and oxygen atoms in total. The summed E-state index contributed by atoms with van der Waals surface area (Å²) in [5.41, 5.74) is 8.05. The molecule has 0 aliphatic carbocycles. The van der Waals surface area contributed by atoms with Crippen LogP contribution in [0.25, 0.3) is 0 Å².